The third-order valence-corrected chi connectivity index (χ3v) is 8.47. The van der Waals surface area contributed by atoms with Crippen LogP contribution in [0.3, 0.4) is 0 Å². The van der Waals surface area contributed by atoms with E-state index in [1.807, 2.05) is 11.5 Å². The lowest BCUT2D eigenvalue weighted by atomic mass is 9.97. The second-order valence-corrected chi connectivity index (χ2v) is 11.0. The van der Waals surface area contributed by atoms with E-state index >= 15 is 0 Å². The molecule has 0 saturated carbocycles. The van der Waals surface area contributed by atoms with E-state index in [-0.39, 0.29) is 23.7 Å². The molecule has 4 heterocycles. The lowest BCUT2D eigenvalue weighted by Gasteiger charge is -2.28. The molecule has 35 heavy (non-hydrogen) atoms. The number of fused-ring (bicyclic) bond motifs is 2. The van der Waals surface area contributed by atoms with Crippen LogP contribution in [0.1, 0.15) is 53.5 Å². The smallest absolute Gasteiger partial charge is 0.259 e. The van der Waals surface area contributed by atoms with Crippen molar-refractivity contribution >= 4 is 21.7 Å². The molecule has 3 aromatic rings. The van der Waals surface area contributed by atoms with Crippen molar-refractivity contribution in [1.82, 2.24) is 24.1 Å². The summed E-state index contributed by atoms with van der Waals surface area (Å²) in [7, 11) is -3.38. The summed E-state index contributed by atoms with van der Waals surface area (Å²) in [6.45, 7) is 3.07. The standard InChI is InChI=1S/C24H27FN6O3S/c1-2-12-35(33,34)30-11-9-16-14-19(25)18(13-17(16)15-30)24(32)27-21-7-5-6-20(26-21)23-29-28-22-8-3-4-10-31(22)23/h5-7,13-14H,2-4,8-12,15H2,1H3,(H,26,27,32). The third-order valence-electron chi connectivity index (χ3n) is 6.45. The molecule has 11 heteroatoms. The minimum atomic E-state index is -3.38. The topological polar surface area (TPSA) is 110 Å². The van der Waals surface area contributed by atoms with Gasteiger partial charge in [0.1, 0.15) is 23.2 Å². The predicted molar refractivity (Wildman–Crippen MR) is 129 cm³/mol. The van der Waals surface area contributed by atoms with E-state index in [9.17, 15) is 17.6 Å². The van der Waals surface area contributed by atoms with Gasteiger partial charge in [0.05, 0.1) is 11.3 Å². The first-order valence-electron chi connectivity index (χ1n) is 11.9. The Hall–Kier alpha value is -3.18. The van der Waals surface area contributed by atoms with Gasteiger partial charge in [0.2, 0.25) is 10.0 Å². The maximum Gasteiger partial charge on any atom is 0.259 e. The molecular weight excluding hydrogens is 471 g/mol. The lowest BCUT2D eigenvalue weighted by Crippen LogP contribution is -2.37. The summed E-state index contributed by atoms with van der Waals surface area (Å²) in [5.41, 5.74) is 1.79. The monoisotopic (exact) mass is 498 g/mol. The number of pyridine rings is 1. The average molecular weight is 499 g/mol. The van der Waals surface area contributed by atoms with Gasteiger partial charge in [-0.1, -0.05) is 13.0 Å². The number of aromatic nitrogens is 4. The van der Waals surface area contributed by atoms with Gasteiger partial charge < -0.3 is 9.88 Å². The zero-order valence-corrected chi connectivity index (χ0v) is 20.3. The minimum absolute atomic E-state index is 0.0636. The zero-order valence-electron chi connectivity index (χ0n) is 19.5. The first-order valence-corrected chi connectivity index (χ1v) is 13.5. The number of amides is 1. The molecule has 0 radical (unpaired) electrons. The fourth-order valence-electron chi connectivity index (χ4n) is 4.66. The van der Waals surface area contributed by atoms with Gasteiger partial charge in [-0.15, -0.1) is 10.2 Å². The van der Waals surface area contributed by atoms with Crippen molar-refractivity contribution < 1.29 is 17.6 Å². The molecule has 0 aliphatic carbocycles. The van der Waals surface area contributed by atoms with Gasteiger partial charge in [0, 0.05) is 26.1 Å². The molecule has 184 valence electrons. The minimum Gasteiger partial charge on any atom is -0.310 e. The normalized spacial score (nSPS) is 15.9. The molecular formula is C24H27FN6O3S. The molecule has 0 fully saturated rings. The summed E-state index contributed by atoms with van der Waals surface area (Å²) in [4.78, 5) is 17.5. The summed E-state index contributed by atoms with van der Waals surface area (Å²) in [6, 6.07) is 7.96. The molecule has 0 unspecified atom stereocenters. The lowest BCUT2D eigenvalue weighted by molar-refractivity contribution is 0.102. The van der Waals surface area contributed by atoms with E-state index in [1.54, 1.807) is 18.2 Å². The van der Waals surface area contributed by atoms with E-state index in [0.29, 0.717) is 36.5 Å². The highest BCUT2D eigenvalue weighted by Gasteiger charge is 2.28. The Morgan fingerprint density at radius 3 is 2.80 bits per heavy atom. The van der Waals surface area contributed by atoms with Crippen LogP contribution in [-0.2, 0) is 36.0 Å². The van der Waals surface area contributed by atoms with E-state index in [0.717, 1.165) is 37.2 Å². The van der Waals surface area contributed by atoms with E-state index in [1.165, 1.54) is 16.4 Å². The van der Waals surface area contributed by atoms with Gasteiger partial charge >= 0.3 is 0 Å². The van der Waals surface area contributed by atoms with Crippen molar-refractivity contribution in [2.45, 2.75) is 52.1 Å². The second kappa shape index (κ2) is 9.46. The average Bonchev–Trinajstić information content (AvgIpc) is 3.27. The van der Waals surface area contributed by atoms with E-state index < -0.39 is 21.7 Å². The molecule has 0 saturated heterocycles. The Morgan fingerprint density at radius 1 is 1.11 bits per heavy atom. The summed E-state index contributed by atoms with van der Waals surface area (Å²) >= 11 is 0. The molecule has 1 amide bonds. The van der Waals surface area contributed by atoms with Crippen LogP contribution in [0.15, 0.2) is 30.3 Å². The number of anilines is 1. The van der Waals surface area contributed by atoms with Gasteiger partial charge in [-0.05, 0) is 61.1 Å². The number of nitrogens with one attached hydrogen (secondary N) is 1. The molecule has 2 aromatic heterocycles. The van der Waals surface area contributed by atoms with Crippen LogP contribution in [0.25, 0.3) is 11.5 Å². The van der Waals surface area contributed by atoms with Crippen LogP contribution in [0.2, 0.25) is 0 Å². The zero-order chi connectivity index (χ0) is 24.6. The van der Waals surface area contributed by atoms with Gasteiger partial charge in [-0.25, -0.2) is 17.8 Å². The van der Waals surface area contributed by atoms with Crippen LogP contribution < -0.4 is 5.32 Å². The number of sulfonamides is 1. The van der Waals surface area contributed by atoms with E-state index in [4.69, 9.17) is 0 Å². The Morgan fingerprint density at radius 2 is 1.97 bits per heavy atom. The van der Waals surface area contributed by atoms with Gasteiger partial charge in [-0.2, -0.15) is 4.31 Å². The van der Waals surface area contributed by atoms with Crippen molar-refractivity contribution in [1.29, 1.82) is 0 Å². The molecule has 0 spiro atoms. The number of benzene rings is 1. The number of rotatable bonds is 6. The van der Waals surface area contributed by atoms with Crippen LogP contribution in [0.4, 0.5) is 10.2 Å². The predicted octanol–water partition coefficient (Wildman–Crippen LogP) is 3.17. The van der Waals surface area contributed by atoms with Crippen molar-refractivity contribution in [3.8, 4) is 11.5 Å². The number of carbonyl (C=O) groups excluding carboxylic acids is 1. The summed E-state index contributed by atoms with van der Waals surface area (Å²) in [6.07, 6.45) is 3.92. The number of halogens is 1. The Labute approximate surface area is 203 Å². The quantitative estimate of drug-likeness (QED) is 0.559. The molecule has 1 aromatic carbocycles. The largest absolute Gasteiger partial charge is 0.310 e. The van der Waals surface area contributed by atoms with Crippen LogP contribution in [0, 0.1) is 5.82 Å². The highest BCUT2D eigenvalue weighted by Crippen LogP contribution is 2.26. The SMILES string of the molecule is CCCS(=O)(=O)N1CCc2cc(F)c(C(=O)Nc3cccc(-c4nnc5n4CCCC5)n3)cc2C1. The Bertz CT molecular complexity index is 1390. The highest BCUT2D eigenvalue weighted by molar-refractivity contribution is 7.89. The van der Waals surface area contributed by atoms with Crippen LogP contribution in [-0.4, -0.2) is 50.7 Å². The second-order valence-electron chi connectivity index (χ2n) is 8.91. The summed E-state index contributed by atoms with van der Waals surface area (Å²) < 4.78 is 43.3. The molecule has 1 N–H and O–H groups in total. The third kappa shape index (κ3) is 4.70. The molecule has 0 bridgehead atoms. The van der Waals surface area contributed by atoms with Gasteiger partial charge in [0.25, 0.3) is 5.91 Å². The summed E-state index contributed by atoms with van der Waals surface area (Å²) in [5.74, 6) is 0.608. The maximum absolute atomic E-state index is 14.8. The first-order chi connectivity index (χ1) is 16.9. The number of hydrogen-bond donors (Lipinski definition) is 1. The molecule has 5 rings (SSSR count). The molecule has 2 aliphatic heterocycles. The maximum atomic E-state index is 14.8. The Balaban J connectivity index is 1.37. The summed E-state index contributed by atoms with van der Waals surface area (Å²) in [5, 5.41) is 11.2. The van der Waals surface area contributed by atoms with Crippen LogP contribution >= 0.6 is 0 Å². The Kier molecular flexibility index (Phi) is 6.37. The first kappa shape index (κ1) is 23.6. The fourth-order valence-corrected chi connectivity index (χ4v) is 6.14. The van der Waals surface area contributed by atoms with E-state index in [2.05, 4.69) is 20.5 Å². The van der Waals surface area contributed by atoms with Crippen molar-refractivity contribution in [2.24, 2.45) is 0 Å². The number of nitrogens with zero attached hydrogens (tertiary/aromatic N) is 5. The number of carbonyl (C=O) groups is 1. The van der Waals surface area contributed by atoms with Gasteiger partial charge in [0.15, 0.2) is 5.82 Å². The number of aryl methyl sites for hydroxylation is 1. The van der Waals surface area contributed by atoms with Crippen molar-refractivity contribution in [3.05, 3.63) is 58.7 Å². The highest BCUT2D eigenvalue weighted by atomic mass is 32.2. The molecule has 2 aliphatic rings. The molecule has 0 atom stereocenters. The van der Waals surface area contributed by atoms with Crippen molar-refractivity contribution in [3.63, 3.8) is 0 Å². The van der Waals surface area contributed by atoms with Crippen LogP contribution in [0.5, 0.6) is 0 Å². The van der Waals surface area contributed by atoms with Gasteiger partial charge in [-0.3, -0.25) is 4.79 Å². The molecule has 9 nitrogen and oxygen atoms in total. The van der Waals surface area contributed by atoms with Crippen molar-refractivity contribution in [2.75, 3.05) is 17.6 Å². The number of hydrogen-bond acceptors (Lipinski definition) is 6. The fraction of sp³-hybridized carbons (Fsp3) is 0.417.